The van der Waals surface area contributed by atoms with E-state index >= 15 is 0 Å². The highest BCUT2D eigenvalue weighted by molar-refractivity contribution is 6.32. The third-order valence-electron chi connectivity index (χ3n) is 4.83. The Balaban J connectivity index is 1.97. The Hall–Kier alpha value is -4.61. The minimum absolute atomic E-state index is 0.00520. The number of rotatable bonds is 8. The fourth-order valence-electron chi connectivity index (χ4n) is 2.95. The molecular weight excluding hydrogens is 496 g/mol. The van der Waals surface area contributed by atoms with Gasteiger partial charge in [0.15, 0.2) is 0 Å². The van der Waals surface area contributed by atoms with Crippen LogP contribution in [0.25, 0.3) is 0 Å². The van der Waals surface area contributed by atoms with Crippen molar-refractivity contribution in [3.63, 3.8) is 0 Å². The average Bonchev–Trinajstić information content (AvgIpc) is 2.85. The lowest BCUT2D eigenvalue weighted by Crippen LogP contribution is -2.57. The molecule has 0 saturated carbocycles. The van der Waals surface area contributed by atoms with Gasteiger partial charge in [0.1, 0.15) is 30.0 Å². The van der Waals surface area contributed by atoms with E-state index in [0.717, 1.165) is 0 Å². The number of esters is 1. The molecule has 4 amide bonds. The summed E-state index contributed by atoms with van der Waals surface area (Å²) in [5.74, 6) is -3.90. The summed E-state index contributed by atoms with van der Waals surface area (Å²) in [5.41, 5.74) is 4.82. The highest BCUT2D eigenvalue weighted by Crippen LogP contribution is 2.11. The molecule has 0 bridgehead atoms. The largest absolute Gasteiger partial charge is 0.508 e. The number of amides is 4. The van der Waals surface area contributed by atoms with Crippen molar-refractivity contribution in [2.45, 2.75) is 58.4 Å². The maximum atomic E-state index is 12.8. The van der Waals surface area contributed by atoms with Crippen LogP contribution in [0.2, 0.25) is 0 Å². The van der Waals surface area contributed by atoms with Crippen LogP contribution in [0.1, 0.15) is 38.8 Å². The lowest BCUT2D eigenvalue weighted by Gasteiger charge is -2.22. The minimum Gasteiger partial charge on any atom is -0.508 e. The molecule has 0 spiro atoms. The molecule has 12 heteroatoms. The summed E-state index contributed by atoms with van der Waals surface area (Å²) >= 11 is 0. The molecule has 0 fully saturated rings. The molecule has 0 aliphatic rings. The van der Waals surface area contributed by atoms with Gasteiger partial charge < -0.3 is 25.2 Å². The molecule has 2 atom stereocenters. The fourth-order valence-corrected chi connectivity index (χ4v) is 2.95. The van der Waals surface area contributed by atoms with Crippen molar-refractivity contribution in [2.75, 3.05) is 0 Å². The Morgan fingerprint density at radius 3 is 2.05 bits per heavy atom. The van der Waals surface area contributed by atoms with E-state index in [1.54, 1.807) is 51.1 Å². The number of hydrogen-bond donors (Lipinski definition) is 5. The zero-order valence-corrected chi connectivity index (χ0v) is 21.6. The Morgan fingerprint density at radius 2 is 1.45 bits per heavy atom. The van der Waals surface area contributed by atoms with Crippen molar-refractivity contribution in [3.8, 4) is 5.75 Å². The summed E-state index contributed by atoms with van der Waals surface area (Å²) in [6.07, 6.45) is -0.808. The van der Waals surface area contributed by atoms with Crippen molar-refractivity contribution < 1.29 is 38.6 Å². The van der Waals surface area contributed by atoms with Gasteiger partial charge in [0.05, 0.1) is 0 Å². The lowest BCUT2D eigenvalue weighted by atomic mass is 10.1. The fraction of sp³-hybridized carbons (Fsp3) is 0.346. The molecule has 0 saturated heterocycles. The predicted octanol–water partition coefficient (Wildman–Crippen LogP) is 1.22. The van der Waals surface area contributed by atoms with Gasteiger partial charge in [-0.2, -0.15) is 0 Å². The van der Waals surface area contributed by atoms with E-state index in [0.29, 0.717) is 11.1 Å². The van der Waals surface area contributed by atoms with Crippen LogP contribution in [-0.2, 0) is 41.7 Å². The first-order valence-electron chi connectivity index (χ1n) is 11.7. The molecule has 2 aromatic rings. The smallest absolute Gasteiger partial charge is 0.408 e. The van der Waals surface area contributed by atoms with E-state index in [9.17, 15) is 29.1 Å². The number of alkyl carbamates (subject to hydrolysis) is 1. The quantitative estimate of drug-likeness (QED) is 0.193. The highest BCUT2D eigenvalue weighted by Gasteiger charge is 2.27. The number of carbonyl (C=O) groups is 5. The van der Waals surface area contributed by atoms with Crippen LogP contribution in [0.15, 0.2) is 54.6 Å². The molecule has 0 aliphatic carbocycles. The number of hydrogen-bond acceptors (Lipinski definition) is 8. The molecule has 0 aromatic heterocycles. The second-order valence-corrected chi connectivity index (χ2v) is 9.30. The summed E-state index contributed by atoms with van der Waals surface area (Å²) in [5, 5.41) is 14.0. The first-order valence-corrected chi connectivity index (χ1v) is 11.7. The van der Waals surface area contributed by atoms with Gasteiger partial charge in [0.2, 0.25) is 0 Å². The van der Waals surface area contributed by atoms with E-state index in [-0.39, 0.29) is 18.8 Å². The highest BCUT2D eigenvalue weighted by atomic mass is 16.6. The number of ether oxygens (including phenoxy) is 2. The van der Waals surface area contributed by atoms with Gasteiger partial charge in [-0.25, -0.2) is 9.59 Å². The Morgan fingerprint density at radius 1 is 0.842 bits per heavy atom. The molecule has 0 unspecified atom stereocenters. The van der Waals surface area contributed by atoms with Gasteiger partial charge in [0.25, 0.3) is 11.8 Å². The van der Waals surface area contributed by atoms with Crippen LogP contribution < -0.4 is 21.5 Å². The van der Waals surface area contributed by atoms with E-state index < -0.39 is 47.5 Å². The maximum Gasteiger partial charge on any atom is 0.408 e. The van der Waals surface area contributed by atoms with E-state index in [1.807, 2.05) is 0 Å². The topological polar surface area (TPSA) is 172 Å². The second kappa shape index (κ2) is 13.6. The monoisotopic (exact) mass is 528 g/mol. The molecule has 38 heavy (non-hydrogen) atoms. The van der Waals surface area contributed by atoms with Gasteiger partial charge in [-0.05, 0) is 51.0 Å². The van der Waals surface area contributed by atoms with E-state index in [2.05, 4.69) is 21.5 Å². The molecule has 12 nitrogen and oxygen atoms in total. The number of nitrogens with one attached hydrogen (secondary N) is 4. The normalized spacial score (nSPS) is 12.3. The van der Waals surface area contributed by atoms with Gasteiger partial charge in [0, 0.05) is 6.42 Å². The lowest BCUT2D eigenvalue weighted by molar-refractivity contribution is -0.156. The summed E-state index contributed by atoms with van der Waals surface area (Å²) in [7, 11) is 0. The number of hydrazine groups is 1. The number of benzene rings is 2. The Bertz CT molecular complexity index is 1130. The standard InChI is InChI=1S/C26H32N4O8/c1-16(27-25(36)38-26(2,3)4)21(32)29-30-22(33)20(14-17-8-6-5-7-9-17)28-23(34)24(35)37-15-18-10-12-19(31)13-11-18/h5-13,16,20,31H,14-15H2,1-4H3,(H,27,36)(H,28,34)(H,29,32)(H,30,33)/t16-,20-/m0/s1. The van der Waals surface area contributed by atoms with Gasteiger partial charge in [-0.15, -0.1) is 0 Å². The van der Waals surface area contributed by atoms with Crippen molar-refractivity contribution in [1.82, 2.24) is 21.5 Å². The SMILES string of the molecule is C[C@H](NC(=O)OC(C)(C)C)C(=O)NNC(=O)[C@H](Cc1ccccc1)NC(=O)C(=O)OCc1ccc(O)cc1. The van der Waals surface area contributed by atoms with Crippen LogP contribution in [0.5, 0.6) is 5.75 Å². The van der Waals surface area contributed by atoms with Crippen molar-refractivity contribution in [1.29, 1.82) is 0 Å². The van der Waals surface area contributed by atoms with Gasteiger partial charge in [-0.1, -0.05) is 42.5 Å². The Kier molecular flexibility index (Phi) is 10.6. The van der Waals surface area contributed by atoms with Gasteiger partial charge >= 0.3 is 18.0 Å². The van der Waals surface area contributed by atoms with Crippen molar-refractivity contribution in [2.24, 2.45) is 0 Å². The minimum atomic E-state index is -1.25. The number of carbonyl (C=O) groups excluding carboxylic acids is 5. The average molecular weight is 529 g/mol. The molecule has 2 rings (SSSR count). The molecule has 0 heterocycles. The summed E-state index contributed by atoms with van der Waals surface area (Å²) < 4.78 is 10.1. The number of phenolic OH excluding ortho intramolecular Hbond substituents is 1. The molecule has 0 radical (unpaired) electrons. The third-order valence-corrected chi connectivity index (χ3v) is 4.83. The summed E-state index contributed by atoms with van der Waals surface area (Å²) in [6.45, 7) is 6.17. The zero-order valence-electron chi connectivity index (χ0n) is 21.6. The maximum absolute atomic E-state index is 12.8. The molecule has 0 aliphatic heterocycles. The van der Waals surface area contributed by atoms with Crippen LogP contribution in [-0.4, -0.2) is 52.6 Å². The van der Waals surface area contributed by atoms with Crippen LogP contribution >= 0.6 is 0 Å². The van der Waals surface area contributed by atoms with Crippen LogP contribution in [0.4, 0.5) is 4.79 Å². The molecule has 5 N–H and O–H groups in total. The summed E-state index contributed by atoms with van der Waals surface area (Å²) in [6, 6.07) is 12.2. The second-order valence-electron chi connectivity index (χ2n) is 9.30. The van der Waals surface area contributed by atoms with Crippen LogP contribution in [0, 0.1) is 0 Å². The third kappa shape index (κ3) is 10.6. The number of phenols is 1. The van der Waals surface area contributed by atoms with Gasteiger partial charge in [-0.3, -0.25) is 25.2 Å². The predicted molar refractivity (Wildman–Crippen MR) is 135 cm³/mol. The van der Waals surface area contributed by atoms with Crippen molar-refractivity contribution >= 4 is 29.8 Å². The molecular formula is C26H32N4O8. The zero-order chi connectivity index (χ0) is 28.3. The number of aromatic hydroxyl groups is 1. The Labute approximate surface area is 220 Å². The van der Waals surface area contributed by atoms with Crippen molar-refractivity contribution in [3.05, 3.63) is 65.7 Å². The molecule has 2 aromatic carbocycles. The van der Waals surface area contributed by atoms with Crippen LogP contribution in [0.3, 0.4) is 0 Å². The van der Waals surface area contributed by atoms with E-state index in [1.165, 1.54) is 31.2 Å². The molecule has 204 valence electrons. The first-order chi connectivity index (χ1) is 17.8. The van der Waals surface area contributed by atoms with E-state index in [4.69, 9.17) is 9.47 Å². The summed E-state index contributed by atoms with van der Waals surface area (Å²) in [4.78, 5) is 61.7. The first kappa shape index (κ1) is 29.6.